The Hall–Kier alpha value is -2.39. The molecule has 2 aliphatic heterocycles. The fraction of sp³-hybridized carbons (Fsp3) is 0.576. The van der Waals surface area contributed by atoms with Crippen LogP contribution in [0.5, 0.6) is 11.5 Å². The van der Waals surface area contributed by atoms with Gasteiger partial charge in [0, 0.05) is 12.8 Å². The van der Waals surface area contributed by atoms with Gasteiger partial charge in [0.15, 0.2) is 27.1 Å². The van der Waals surface area contributed by atoms with Crippen molar-refractivity contribution >= 4 is 9.84 Å². The lowest BCUT2D eigenvalue weighted by Gasteiger charge is -2.28. The smallest absolute Gasteiger partial charge is 0.251 e. The molecule has 41 heavy (non-hydrogen) atoms. The molecule has 1 saturated heterocycles. The molecular formula is C33H46O7S. The number of fused-ring (bicyclic) bond motifs is 1. The van der Waals surface area contributed by atoms with E-state index in [-0.39, 0.29) is 6.61 Å². The van der Waals surface area contributed by atoms with Gasteiger partial charge in [-0.05, 0) is 63.8 Å². The van der Waals surface area contributed by atoms with Gasteiger partial charge < -0.3 is 24.1 Å². The number of aliphatic hydroxyl groups is 1. The quantitative estimate of drug-likeness (QED) is 0.167. The largest absolute Gasteiger partial charge is 0.448 e. The molecule has 0 radical (unpaired) electrons. The third-order valence-corrected chi connectivity index (χ3v) is 10.1. The van der Waals surface area contributed by atoms with Gasteiger partial charge in [-0.25, -0.2) is 8.42 Å². The Bertz CT molecular complexity index is 1200. The van der Waals surface area contributed by atoms with E-state index in [4.69, 9.17) is 18.9 Å². The Balaban J connectivity index is 1.41. The highest BCUT2D eigenvalue weighted by Gasteiger charge is 2.41. The first-order valence-corrected chi connectivity index (χ1v) is 16.6. The highest BCUT2D eigenvalue weighted by Crippen LogP contribution is 2.43. The fourth-order valence-corrected chi connectivity index (χ4v) is 7.45. The fourth-order valence-electron chi connectivity index (χ4n) is 5.69. The van der Waals surface area contributed by atoms with E-state index < -0.39 is 38.9 Å². The third-order valence-electron chi connectivity index (χ3n) is 7.82. The van der Waals surface area contributed by atoms with Gasteiger partial charge in [0.1, 0.15) is 12.2 Å². The highest BCUT2D eigenvalue weighted by atomic mass is 32.2. The first kappa shape index (κ1) is 31.5. The first-order valence-electron chi connectivity index (χ1n) is 15.1. The van der Waals surface area contributed by atoms with Crippen LogP contribution >= 0.6 is 0 Å². The normalized spacial score (nSPS) is 21.9. The van der Waals surface area contributed by atoms with Crippen molar-refractivity contribution in [3.05, 3.63) is 66.7 Å². The van der Waals surface area contributed by atoms with E-state index >= 15 is 0 Å². The Morgan fingerprint density at radius 2 is 1.51 bits per heavy atom. The highest BCUT2D eigenvalue weighted by molar-refractivity contribution is 7.92. The molecule has 0 saturated carbocycles. The van der Waals surface area contributed by atoms with Gasteiger partial charge in [-0.15, -0.1) is 0 Å². The Morgan fingerprint density at radius 3 is 2.15 bits per heavy atom. The molecule has 1 fully saturated rings. The second-order valence-electron chi connectivity index (χ2n) is 11.6. The minimum atomic E-state index is -3.55. The van der Waals surface area contributed by atoms with Crippen molar-refractivity contribution in [1.29, 1.82) is 0 Å². The molecule has 4 rings (SSSR count). The van der Waals surface area contributed by atoms with Gasteiger partial charge in [-0.2, -0.15) is 0 Å². The Kier molecular flexibility index (Phi) is 10.9. The summed E-state index contributed by atoms with van der Waals surface area (Å²) in [4.78, 5) is 0.332. The molecule has 2 aliphatic rings. The molecule has 8 heteroatoms. The van der Waals surface area contributed by atoms with Crippen LogP contribution in [-0.2, 0) is 19.3 Å². The molecular weight excluding hydrogens is 540 g/mol. The van der Waals surface area contributed by atoms with Crippen molar-refractivity contribution < 1.29 is 32.5 Å². The number of rotatable bonds is 16. The zero-order valence-electron chi connectivity index (χ0n) is 24.7. The molecule has 0 bridgehead atoms. The van der Waals surface area contributed by atoms with Gasteiger partial charge in [0.25, 0.3) is 5.79 Å². The number of ether oxygens (including phenoxy) is 4. The van der Waals surface area contributed by atoms with Crippen LogP contribution in [0, 0.1) is 0 Å². The van der Waals surface area contributed by atoms with Crippen LogP contribution in [0.3, 0.4) is 0 Å². The number of allylic oxidation sites excluding steroid dienone is 1. The molecule has 2 heterocycles. The third kappa shape index (κ3) is 8.34. The predicted molar refractivity (Wildman–Crippen MR) is 160 cm³/mol. The maximum atomic E-state index is 13.7. The Morgan fingerprint density at radius 1 is 0.878 bits per heavy atom. The van der Waals surface area contributed by atoms with Gasteiger partial charge >= 0.3 is 0 Å². The summed E-state index contributed by atoms with van der Waals surface area (Å²) in [6, 6.07) is 16.4. The van der Waals surface area contributed by atoms with Crippen molar-refractivity contribution in [3.8, 4) is 11.5 Å². The van der Waals surface area contributed by atoms with Crippen molar-refractivity contribution in [2.75, 3.05) is 6.61 Å². The second-order valence-corrected chi connectivity index (χ2v) is 13.8. The SMILES string of the molecule is CCCCCCC1(CCCCC(C/C=C/[C@@H]2OC(C)(C)O[C@H]2CO)S(=O)(=O)c2ccccc2)Oc2ccccc2O1. The molecule has 7 nitrogen and oxygen atoms in total. The number of para-hydroxylation sites is 2. The van der Waals surface area contributed by atoms with E-state index in [1.165, 1.54) is 12.8 Å². The predicted octanol–water partition coefficient (Wildman–Crippen LogP) is 6.99. The topological polar surface area (TPSA) is 91.3 Å². The summed E-state index contributed by atoms with van der Waals surface area (Å²) in [6.45, 7) is 5.64. The number of hydrogen-bond donors (Lipinski definition) is 1. The minimum absolute atomic E-state index is 0.168. The van der Waals surface area contributed by atoms with E-state index in [9.17, 15) is 13.5 Å². The maximum Gasteiger partial charge on any atom is 0.251 e. The standard InChI is InChI=1S/C33H46O7S/c1-4-5-6-13-23-33(39-28-20-10-11-21-29(28)40-33)24-14-12-18-27(41(35,36)26-16-8-7-9-17-26)19-15-22-30-31(25-34)38-32(2,3)37-30/h7-11,15-17,20-22,27,30-31,34H,4-6,12-14,18-19,23-25H2,1-3H3/b22-15+/t27?,30-,31-/m0/s1. The molecule has 0 amide bonds. The van der Waals surface area contributed by atoms with Gasteiger partial charge in [-0.3, -0.25) is 0 Å². The molecule has 0 aliphatic carbocycles. The molecule has 1 unspecified atom stereocenters. The average molecular weight is 587 g/mol. The average Bonchev–Trinajstić information content (AvgIpc) is 3.48. The van der Waals surface area contributed by atoms with E-state index in [2.05, 4.69) is 6.92 Å². The van der Waals surface area contributed by atoms with E-state index in [1.54, 1.807) is 38.1 Å². The summed E-state index contributed by atoms with van der Waals surface area (Å²) in [5.41, 5.74) is 0. The van der Waals surface area contributed by atoms with E-state index in [0.29, 0.717) is 24.2 Å². The molecule has 1 N–H and O–H groups in total. The van der Waals surface area contributed by atoms with Gasteiger partial charge in [0.05, 0.1) is 16.8 Å². The van der Waals surface area contributed by atoms with E-state index in [1.807, 2.05) is 42.5 Å². The van der Waals surface area contributed by atoms with Crippen molar-refractivity contribution in [3.63, 3.8) is 0 Å². The van der Waals surface area contributed by atoms with Crippen molar-refractivity contribution in [1.82, 2.24) is 0 Å². The zero-order valence-corrected chi connectivity index (χ0v) is 25.5. The summed E-state index contributed by atoms with van der Waals surface area (Å²) in [5, 5.41) is 9.10. The van der Waals surface area contributed by atoms with Gasteiger partial charge in [0.2, 0.25) is 0 Å². The lowest BCUT2D eigenvalue weighted by atomic mass is 9.99. The van der Waals surface area contributed by atoms with Crippen molar-refractivity contribution in [2.24, 2.45) is 0 Å². The van der Waals surface area contributed by atoms with Crippen LogP contribution in [0.15, 0.2) is 71.6 Å². The van der Waals surface area contributed by atoms with Crippen molar-refractivity contribution in [2.45, 2.75) is 119 Å². The van der Waals surface area contributed by atoms with Crippen LogP contribution in [0.1, 0.15) is 85.0 Å². The zero-order chi connectivity index (χ0) is 29.3. The molecule has 3 atom stereocenters. The molecule has 2 aromatic carbocycles. The van der Waals surface area contributed by atoms with E-state index in [0.717, 1.165) is 43.6 Å². The number of aliphatic hydroxyl groups excluding tert-OH is 1. The lowest BCUT2D eigenvalue weighted by molar-refractivity contribution is -0.146. The molecule has 0 spiro atoms. The number of unbranched alkanes of at least 4 members (excludes halogenated alkanes) is 4. The van der Waals surface area contributed by atoms with Crippen LogP contribution < -0.4 is 9.47 Å². The summed E-state index contributed by atoms with van der Waals surface area (Å²) in [6.07, 6.45) is 11.2. The van der Waals surface area contributed by atoms with Crippen LogP contribution in [0.4, 0.5) is 0 Å². The van der Waals surface area contributed by atoms with Crippen LogP contribution in [-0.4, -0.2) is 49.2 Å². The Labute approximate surface area is 245 Å². The minimum Gasteiger partial charge on any atom is -0.448 e. The summed E-state index contributed by atoms with van der Waals surface area (Å²) in [7, 11) is -3.55. The van der Waals surface area contributed by atoms with Crippen LogP contribution in [0.2, 0.25) is 0 Å². The van der Waals surface area contributed by atoms with Gasteiger partial charge in [-0.1, -0.05) is 75.1 Å². The second kappa shape index (κ2) is 14.2. The number of benzene rings is 2. The molecule has 0 aromatic heterocycles. The number of hydrogen-bond acceptors (Lipinski definition) is 7. The lowest BCUT2D eigenvalue weighted by Crippen LogP contribution is -2.38. The van der Waals surface area contributed by atoms with Crippen LogP contribution in [0.25, 0.3) is 0 Å². The summed E-state index contributed by atoms with van der Waals surface area (Å²) in [5.74, 6) is 0.0613. The molecule has 2 aromatic rings. The first-order chi connectivity index (χ1) is 19.7. The number of sulfone groups is 1. The monoisotopic (exact) mass is 586 g/mol. The molecule has 226 valence electrons. The summed E-state index contributed by atoms with van der Waals surface area (Å²) < 4.78 is 51.7. The maximum absolute atomic E-state index is 13.7. The summed E-state index contributed by atoms with van der Waals surface area (Å²) >= 11 is 0.